The molecule has 0 fully saturated rings. The zero-order valence-corrected chi connectivity index (χ0v) is 15.5. The molecule has 2 aromatic rings. The van der Waals surface area contributed by atoms with Crippen LogP contribution in [-0.4, -0.2) is 13.2 Å². The Hall–Kier alpha value is -3.74. The fourth-order valence-corrected chi connectivity index (χ4v) is 2.65. The van der Waals surface area contributed by atoms with Gasteiger partial charge in [-0.2, -0.15) is 10.5 Å². The van der Waals surface area contributed by atoms with Crippen LogP contribution in [0.15, 0.2) is 30.3 Å². The molecule has 0 radical (unpaired) electrons. The van der Waals surface area contributed by atoms with E-state index in [4.69, 9.17) is 27.1 Å². The van der Waals surface area contributed by atoms with Crippen LogP contribution in [0.3, 0.4) is 0 Å². The van der Waals surface area contributed by atoms with Gasteiger partial charge in [-0.05, 0) is 19.1 Å². The third kappa shape index (κ3) is 5.14. The Kier molecular flexibility index (Phi) is 7.65. The van der Waals surface area contributed by atoms with Crippen LogP contribution in [0, 0.1) is 54.3 Å². The van der Waals surface area contributed by atoms with Gasteiger partial charge in [-0.15, -0.1) is 12.8 Å². The first-order valence-corrected chi connectivity index (χ1v) is 8.40. The molecular weight excluding hydrogens is 352 g/mol. The van der Waals surface area contributed by atoms with Crippen molar-refractivity contribution in [2.75, 3.05) is 13.2 Å². The predicted molar refractivity (Wildman–Crippen MR) is 104 cm³/mol. The number of benzene rings is 2. The number of terminal acetylenes is 2. The number of rotatable bonds is 8. The average molecular weight is 370 g/mol. The summed E-state index contributed by atoms with van der Waals surface area (Å²) in [6.07, 6.45) is 10.5. The summed E-state index contributed by atoms with van der Waals surface area (Å²) < 4.78 is 17.0. The maximum atomic E-state index is 9.46. The van der Waals surface area contributed by atoms with Crippen molar-refractivity contribution in [3.05, 3.63) is 58.1 Å². The number of hydrogen-bond acceptors (Lipinski definition) is 5. The van der Waals surface area contributed by atoms with E-state index < -0.39 is 0 Å². The zero-order chi connectivity index (χ0) is 20.4. The van der Waals surface area contributed by atoms with Crippen molar-refractivity contribution < 1.29 is 14.2 Å². The summed E-state index contributed by atoms with van der Waals surface area (Å²) in [5.41, 5.74) is 2.89. The minimum absolute atomic E-state index is 0.156. The van der Waals surface area contributed by atoms with Crippen molar-refractivity contribution in [1.29, 1.82) is 10.5 Å². The zero-order valence-electron chi connectivity index (χ0n) is 15.5. The molecule has 28 heavy (non-hydrogen) atoms. The lowest BCUT2D eigenvalue weighted by Crippen LogP contribution is -2.04. The Bertz CT molecular complexity index is 973. The highest BCUT2D eigenvalue weighted by Gasteiger charge is 2.16. The van der Waals surface area contributed by atoms with Crippen LogP contribution in [0.25, 0.3) is 0 Å². The highest BCUT2D eigenvalue weighted by Crippen LogP contribution is 2.34. The fraction of sp³-hybridized carbons (Fsp3) is 0.217. The number of ether oxygens (including phenoxy) is 3. The van der Waals surface area contributed by atoms with Crippen molar-refractivity contribution in [3.63, 3.8) is 0 Å². The van der Waals surface area contributed by atoms with E-state index in [1.54, 1.807) is 18.2 Å². The molecule has 0 N–H and O–H groups in total. The lowest BCUT2D eigenvalue weighted by Gasteiger charge is -2.18. The molecule has 5 heteroatoms. The molecule has 0 aliphatic heterocycles. The van der Waals surface area contributed by atoms with E-state index in [1.807, 2.05) is 31.2 Å². The number of nitriles is 2. The molecule has 0 amide bonds. The Balaban J connectivity index is 2.50. The smallest absolute Gasteiger partial charge is 0.146 e. The third-order valence-corrected chi connectivity index (χ3v) is 3.74. The van der Waals surface area contributed by atoms with Crippen molar-refractivity contribution >= 4 is 0 Å². The maximum Gasteiger partial charge on any atom is 0.146 e. The highest BCUT2D eigenvalue weighted by molar-refractivity contribution is 5.56. The number of aryl methyl sites for hydroxylation is 1. The molecule has 0 saturated heterocycles. The minimum Gasteiger partial charge on any atom is -0.455 e. The molecule has 0 aliphatic rings. The normalized spacial score (nSPS) is 9.61. The van der Waals surface area contributed by atoms with E-state index in [0.717, 1.165) is 16.7 Å². The van der Waals surface area contributed by atoms with Gasteiger partial charge in [0, 0.05) is 11.1 Å². The molecular formula is C23H18N2O3. The molecule has 0 heterocycles. The van der Waals surface area contributed by atoms with Crippen LogP contribution < -0.4 is 4.74 Å². The molecule has 0 atom stereocenters. The van der Waals surface area contributed by atoms with Crippen molar-refractivity contribution in [2.24, 2.45) is 0 Å². The van der Waals surface area contributed by atoms with E-state index in [0.29, 0.717) is 5.75 Å². The first kappa shape index (κ1) is 20.6. The van der Waals surface area contributed by atoms with Gasteiger partial charge in [-0.25, -0.2) is 0 Å². The molecule has 0 bridgehead atoms. The molecule has 0 aromatic heterocycles. The summed E-state index contributed by atoms with van der Waals surface area (Å²) in [5, 5.41) is 18.7. The first-order chi connectivity index (χ1) is 13.6. The van der Waals surface area contributed by atoms with Gasteiger partial charge in [-0.3, -0.25) is 0 Å². The van der Waals surface area contributed by atoms with Crippen molar-refractivity contribution in [2.45, 2.75) is 20.1 Å². The predicted octanol–water partition coefficient (Wildman–Crippen LogP) is 3.83. The van der Waals surface area contributed by atoms with Crippen LogP contribution in [0.2, 0.25) is 0 Å². The second-order valence-corrected chi connectivity index (χ2v) is 5.81. The van der Waals surface area contributed by atoms with Gasteiger partial charge in [0.15, 0.2) is 0 Å². The van der Waals surface area contributed by atoms with Crippen LogP contribution in [-0.2, 0) is 22.7 Å². The largest absolute Gasteiger partial charge is 0.455 e. The Labute approximate surface area is 165 Å². The molecule has 2 aromatic carbocycles. The summed E-state index contributed by atoms with van der Waals surface area (Å²) >= 11 is 0. The quantitative estimate of drug-likeness (QED) is 0.521. The van der Waals surface area contributed by atoms with E-state index in [9.17, 15) is 10.5 Å². The van der Waals surface area contributed by atoms with E-state index in [2.05, 4.69) is 11.8 Å². The van der Waals surface area contributed by atoms with E-state index in [-0.39, 0.29) is 43.3 Å². The average Bonchev–Trinajstić information content (AvgIpc) is 2.70. The van der Waals surface area contributed by atoms with Gasteiger partial charge < -0.3 is 14.2 Å². The molecule has 0 spiro atoms. The lowest BCUT2D eigenvalue weighted by molar-refractivity contribution is 0.145. The van der Waals surface area contributed by atoms with Crippen LogP contribution in [0.1, 0.15) is 27.8 Å². The Morgan fingerprint density at radius 3 is 2.04 bits per heavy atom. The van der Waals surface area contributed by atoms with E-state index >= 15 is 0 Å². The summed E-state index contributed by atoms with van der Waals surface area (Å²) in [6.45, 7) is 2.70. The summed E-state index contributed by atoms with van der Waals surface area (Å²) in [7, 11) is 0. The van der Waals surface area contributed by atoms with Gasteiger partial charge in [0.25, 0.3) is 0 Å². The second kappa shape index (κ2) is 10.4. The summed E-state index contributed by atoms with van der Waals surface area (Å²) in [6, 6.07) is 12.7. The molecule has 2 rings (SSSR count). The van der Waals surface area contributed by atoms with Gasteiger partial charge in [0.05, 0.1) is 18.8 Å². The number of hydrogen-bond donors (Lipinski definition) is 0. The molecule has 138 valence electrons. The topological polar surface area (TPSA) is 75.3 Å². The summed E-state index contributed by atoms with van der Waals surface area (Å²) in [4.78, 5) is 0. The molecule has 5 nitrogen and oxygen atoms in total. The second-order valence-electron chi connectivity index (χ2n) is 5.81. The van der Waals surface area contributed by atoms with Crippen LogP contribution in [0.5, 0.6) is 11.5 Å². The summed E-state index contributed by atoms with van der Waals surface area (Å²) in [5.74, 6) is 5.62. The van der Waals surface area contributed by atoms with Crippen LogP contribution >= 0.6 is 0 Å². The SMILES string of the molecule is C#CCOCc1cc(C)cc(COCC#C)c1Oc1cccc(C#N)c1C#N. The third-order valence-electron chi connectivity index (χ3n) is 3.74. The van der Waals surface area contributed by atoms with Gasteiger partial charge in [-0.1, -0.05) is 35.6 Å². The van der Waals surface area contributed by atoms with Crippen molar-refractivity contribution in [1.82, 2.24) is 0 Å². The van der Waals surface area contributed by atoms with E-state index in [1.165, 1.54) is 0 Å². The molecule has 0 saturated carbocycles. The molecule has 0 unspecified atom stereocenters. The number of nitrogens with zero attached hydrogens (tertiary/aromatic N) is 2. The van der Waals surface area contributed by atoms with Gasteiger partial charge >= 0.3 is 0 Å². The lowest BCUT2D eigenvalue weighted by atomic mass is 10.0. The Morgan fingerprint density at radius 2 is 1.54 bits per heavy atom. The van der Waals surface area contributed by atoms with Gasteiger partial charge in [0.1, 0.15) is 42.4 Å². The monoisotopic (exact) mass is 370 g/mol. The van der Waals surface area contributed by atoms with Gasteiger partial charge in [0.2, 0.25) is 0 Å². The standard InChI is InChI=1S/C23H18N2O3/c1-4-9-26-15-19-11-17(3)12-20(16-27-10-5-2)23(19)28-22-8-6-7-18(13-24)21(22)14-25/h1-2,6-8,11-12H,9-10,15-16H2,3H3. The van der Waals surface area contributed by atoms with Crippen molar-refractivity contribution in [3.8, 4) is 48.3 Å². The fourth-order valence-electron chi connectivity index (χ4n) is 2.65. The first-order valence-electron chi connectivity index (χ1n) is 8.40. The van der Waals surface area contributed by atoms with Crippen LogP contribution in [0.4, 0.5) is 0 Å². The highest BCUT2D eigenvalue weighted by atomic mass is 16.5. The Morgan fingerprint density at radius 1 is 0.929 bits per heavy atom. The minimum atomic E-state index is 0.156. The molecule has 0 aliphatic carbocycles. The maximum absolute atomic E-state index is 9.46.